The number of fused-ring (bicyclic) bond motifs is 1. The van der Waals surface area contributed by atoms with E-state index in [-0.39, 0.29) is 6.29 Å². The van der Waals surface area contributed by atoms with Crippen LogP contribution in [0.15, 0.2) is 36.5 Å². The first kappa shape index (κ1) is 10.8. The quantitative estimate of drug-likeness (QED) is 0.810. The Kier molecular flexibility index (Phi) is 3.12. The third-order valence-electron chi connectivity index (χ3n) is 3.22. The molecule has 0 bridgehead atoms. The van der Waals surface area contributed by atoms with Gasteiger partial charge in [-0.25, -0.2) is 0 Å². The smallest absolute Gasteiger partial charge is 0.159 e. The lowest BCUT2D eigenvalue weighted by atomic mass is 10.2. The van der Waals surface area contributed by atoms with Crippen molar-refractivity contribution in [3.05, 3.63) is 36.5 Å². The number of nitrogens with zero attached hydrogens (tertiary/aromatic N) is 1. The minimum Gasteiger partial charge on any atom is -0.353 e. The number of hydrogen-bond donors (Lipinski definition) is 0. The Morgan fingerprint density at radius 2 is 2.18 bits per heavy atom. The van der Waals surface area contributed by atoms with Gasteiger partial charge in [0, 0.05) is 18.3 Å². The van der Waals surface area contributed by atoms with E-state index in [0.717, 1.165) is 19.4 Å². The molecule has 2 heterocycles. The summed E-state index contributed by atoms with van der Waals surface area (Å²) in [5, 5.41) is 1.25. The zero-order chi connectivity index (χ0) is 11.5. The minimum absolute atomic E-state index is 0.0232. The summed E-state index contributed by atoms with van der Waals surface area (Å²) in [5.41, 5.74) is 1.21. The molecule has 3 nitrogen and oxygen atoms in total. The Balaban J connectivity index is 1.68. The number of ether oxygens (including phenoxy) is 2. The molecule has 0 amide bonds. The van der Waals surface area contributed by atoms with Crippen LogP contribution in [0.25, 0.3) is 10.9 Å². The first-order valence-electron chi connectivity index (χ1n) is 6.20. The molecule has 0 aliphatic carbocycles. The van der Waals surface area contributed by atoms with Gasteiger partial charge in [-0.15, -0.1) is 0 Å². The van der Waals surface area contributed by atoms with Crippen LogP contribution in [-0.2, 0) is 16.2 Å². The van der Waals surface area contributed by atoms with Crippen molar-refractivity contribution in [3.8, 4) is 0 Å². The van der Waals surface area contributed by atoms with Gasteiger partial charge in [0.05, 0.1) is 0 Å². The maximum absolute atomic E-state index is 5.78. The number of rotatable bonds is 3. The topological polar surface area (TPSA) is 23.4 Å². The van der Waals surface area contributed by atoms with E-state index < -0.39 is 0 Å². The van der Waals surface area contributed by atoms with Gasteiger partial charge >= 0.3 is 0 Å². The van der Waals surface area contributed by atoms with E-state index >= 15 is 0 Å². The molecule has 0 radical (unpaired) electrons. The molecule has 0 N–H and O–H groups in total. The highest BCUT2D eigenvalue weighted by molar-refractivity contribution is 5.79. The molecule has 0 saturated carbocycles. The summed E-state index contributed by atoms with van der Waals surface area (Å²) in [6.07, 6.45) is 5.42. The molecule has 1 atom stereocenters. The van der Waals surface area contributed by atoms with Gasteiger partial charge in [0.1, 0.15) is 6.73 Å². The lowest BCUT2D eigenvalue weighted by molar-refractivity contribution is -0.180. The van der Waals surface area contributed by atoms with Crippen LogP contribution >= 0.6 is 0 Å². The molecular formula is C14H17NO2. The highest BCUT2D eigenvalue weighted by Crippen LogP contribution is 2.18. The first-order valence-corrected chi connectivity index (χ1v) is 6.20. The van der Waals surface area contributed by atoms with Gasteiger partial charge in [0.25, 0.3) is 0 Å². The highest BCUT2D eigenvalue weighted by Gasteiger charge is 2.14. The van der Waals surface area contributed by atoms with Gasteiger partial charge < -0.3 is 14.0 Å². The Morgan fingerprint density at radius 3 is 3.06 bits per heavy atom. The van der Waals surface area contributed by atoms with Crippen molar-refractivity contribution in [3.63, 3.8) is 0 Å². The van der Waals surface area contributed by atoms with E-state index in [4.69, 9.17) is 9.47 Å². The van der Waals surface area contributed by atoms with Crippen LogP contribution in [0, 0.1) is 0 Å². The van der Waals surface area contributed by atoms with Gasteiger partial charge in [-0.1, -0.05) is 18.2 Å². The zero-order valence-electron chi connectivity index (χ0n) is 9.84. The third kappa shape index (κ3) is 2.35. The van der Waals surface area contributed by atoms with Crippen LogP contribution < -0.4 is 0 Å². The minimum atomic E-state index is -0.0232. The van der Waals surface area contributed by atoms with Gasteiger partial charge in [-0.2, -0.15) is 0 Å². The molecule has 2 aromatic rings. The fourth-order valence-electron chi connectivity index (χ4n) is 2.26. The molecule has 1 fully saturated rings. The van der Waals surface area contributed by atoms with Crippen LogP contribution in [0.4, 0.5) is 0 Å². The van der Waals surface area contributed by atoms with Crippen molar-refractivity contribution in [2.45, 2.75) is 32.3 Å². The molecule has 0 spiro atoms. The normalized spacial score (nSPS) is 20.8. The summed E-state index contributed by atoms with van der Waals surface area (Å²) in [6, 6.07) is 10.4. The summed E-state index contributed by atoms with van der Waals surface area (Å²) in [5.74, 6) is 0. The lowest BCUT2D eigenvalue weighted by Crippen LogP contribution is -2.23. The molecule has 1 unspecified atom stereocenters. The van der Waals surface area contributed by atoms with Crippen LogP contribution in [0.3, 0.4) is 0 Å². The van der Waals surface area contributed by atoms with Crippen molar-refractivity contribution in [2.75, 3.05) is 6.61 Å². The highest BCUT2D eigenvalue weighted by atomic mass is 16.7. The van der Waals surface area contributed by atoms with Gasteiger partial charge in [-0.3, -0.25) is 0 Å². The fraction of sp³-hybridized carbons (Fsp3) is 0.429. The second-order valence-corrected chi connectivity index (χ2v) is 4.44. The second kappa shape index (κ2) is 4.90. The van der Waals surface area contributed by atoms with Crippen molar-refractivity contribution >= 4 is 10.9 Å². The maximum Gasteiger partial charge on any atom is 0.159 e. The average Bonchev–Trinajstić information content (AvgIpc) is 2.81. The molecular weight excluding hydrogens is 214 g/mol. The molecule has 1 aliphatic heterocycles. The molecule has 3 heteroatoms. The zero-order valence-corrected chi connectivity index (χ0v) is 9.84. The van der Waals surface area contributed by atoms with Gasteiger partial charge in [0.15, 0.2) is 6.29 Å². The number of aromatic nitrogens is 1. The largest absolute Gasteiger partial charge is 0.353 e. The van der Waals surface area contributed by atoms with Crippen LogP contribution in [0.1, 0.15) is 19.3 Å². The third-order valence-corrected chi connectivity index (χ3v) is 3.22. The van der Waals surface area contributed by atoms with Crippen molar-refractivity contribution < 1.29 is 9.47 Å². The van der Waals surface area contributed by atoms with E-state index in [2.05, 4.69) is 41.1 Å². The Hall–Kier alpha value is -1.32. The summed E-state index contributed by atoms with van der Waals surface area (Å²) in [7, 11) is 0. The molecule has 1 aliphatic rings. The maximum atomic E-state index is 5.78. The Labute approximate surface area is 101 Å². The second-order valence-electron chi connectivity index (χ2n) is 4.44. The Bertz CT molecular complexity index is 486. The van der Waals surface area contributed by atoms with E-state index in [1.807, 2.05) is 0 Å². The van der Waals surface area contributed by atoms with Crippen molar-refractivity contribution in [1.29, 1.82) is 0 Å². The van der Waals surface area contributed by atoms with Crippen molar-refractivity contribution in [1.82, 2.24) is 4.57 Å². The van der Waals surface area contributed by atoms with Crippen LogP contribution in [0.5, 0.6) is 0 Å². The average molecular weight is 231 g/mol. The predicted octanol–water partition coefficient (Wildman–Crippen LogP) is 3.14. The molecule has 3 rings (SSSR count). The van der Waals surface area contributed by atoms with E-state index in [0.29, 0.717) is 6.73 Å². The molecule has 17 heavy (non-hydrogen) atoms. The SMILES string of the molecule is c1ccc2c(c1)ccn2COC1CCCCO1. The lowest BCUT2D eigenvalue weighted by Gasteiger charge is -2.23. The number of hydrogen-bond acceptors (Lipinski definition) is 2. The summed E-state index contributed by atoms with van der Waals surface area (Å²) >= 11 is 0. The van der Waals surface area contributed by atoms with Crippen LogP contribution in [0.2, 0.25) is 0 Å². The standard InChI is InChI=1S/C14H17NO2/c1-2-6-13-12(5-1)8-9-15(13)11-17-14-7-3-4-10-16-14/h1-2,5-6,8-9,14H,3-4,7,10-11H2. The monoisotopic (exact) mass is 231 g/mol. The Morgan fingerprint density at radius 1 is 1.24 bits per heavy atom. The van der Waals surface area contributed by atoms with Gasteiger partial charge in [-0.05, 0) is 36.8 Å². The predicted molar refractivity (Wildman–Crippen MR) is 66.6 cm³/mol. The first-order chi connectivity index (χ1) is 8.43. The molecule has 1 aromatic heterocycles. The van der Waals surface area contributed by atoms with Gasteiger partial charge in [0.2, 0.25) is 0 Å². The summed E-state index contributed by atoms with van der Waals surface area (Å²) < 4.78 is 13.4. The molecule has 1 aromatic carbocycles. The van der Waals surface area contributed by atoms with E-state index in [9.17, 15) is 0 Å². The van der Waals surface area contributed by atoms with Crippen molar-refractivity contribution in [2.24, 2.45) is 0 Å². The van der Waals surface area contributed by atoms with Crippen LogP contribution in [-0.4, -0.2) is 17.5 Å². The number of para-hydroxylation sites is 1. The summed E-state index contributed by atoms with van der Waals surface area (Å²) in [4.78, 5) is 0. The fourth-order valence-corrected chi connectivity index (χ4v) is 2.26. The van der Waals surface area contributed by atoms with E-state index in [1.54, 1.807) is 0 Å². The summed E-state index contributed by atoms with van der Waals surface area (Å²) in [6.45, 7) is 1.40. The molecule has 1 saturated heterocycles. The number of benzene rings is 1. The molecule has 90 valence electrons. The van der Waals surface area contributed by atoms with E-state index in [1.165, 1.54) is 17.3 Å².